The SMILES string of the molecule is C=CCc1c(CNC(=O)C(=C)C)nc(Cc2ccccc2)n1Cc1ccccc1. The standard InChI is InChI=1S/C25H27N3O/c1-4-11-23-22(17-26-25(29)19(2)3)27-24(16-20-12-7-5-8-13-20)28(23)18-21-14-9-6-10-15-21/h4-10,12-15H,1-2,11,16-18H2,3H3,(H,26,29). The van der Waals surface area contributed by atoms with Crippen molar-refractivity contribution in [2.45, 2.75) is 32.9 Å². The topological polar surface area (TPSA) is 46.9 Å². The molecule has 0 radical (unpaired) electrons. The number of imidazole rings is 1. The summed E-state index contributed by atoms with van der Waals surface area (Å²) in [4.78, 5) is 16.9. The van der Waals surface area contributed by atoms with Crippen LogP contribution < -0.4 is 5.32 Å². The summed E-state index contributed by atoms with van der Waals surface area (Å²) in [6.45, 7) is 10.4. The Morgan fingerprint density at radius 3 is 2.28 bits per heavy atom. The summed E-state index contributed by atoms with van der Waals surface area (Å²) in [6, 6.07) is 20.7. The normalized spacial score (nSPS) is 10.5. The zero-order chi connectivity index (χ0) is 20.6. The van der Waals surface area contributed by atoms with E-state index in [-0.39, 0.29) is 5.91 Å². The molecule has 148 valence electrons. The molecule has 29 heavy (non-hydrogen) atoms. The van der Waals surface area contributed by atoms with Crippen LogP contribution in [0.4, 0.5) is 0 Å². The van der Waals surface area contributed by atoms with Crippen LogP contribution in [0.3, 0.4) is 0 Å². The average molecular weight is 386 g/mol. The van der Waals surface area contributed by atoms with E-state index >= 15 is 0 Å². The van der Waals surface area contributed by atoms with Crippen LogP contribution in [-0.4, -0.2) is 15.5 Å². The molecule has 0 atom stereocenters. The summed E-state index contributed by atoms with van der Waals surface area (Å²) >= 11 is 0. The van der Waals surface area contributed by atoms with Crippen molar-refractivity contribution in [2.75, 3.05) is 0 Å². The highest BCUT2D eigenvalue weighted by Crippen LogP contribution is 2.19. The van der Waals surface area contributed by atoms with Gasteiger partial charge >= 0.3 is 0 Å². The molecule has 0 spiro atoms. The third-order valence-electron chi connectivity index (χ3n) is 4.76. The molecule has 3 aromatic rings. The molecule has 1 aromatic heterocycles. The van der Waals surface area contributed by atoms with Gasteiger partial charge in [0, 0.05) is 30.7 Å². The lowest BCUT2D eigenvalue weighted by molar-refractivity contribution is -0.117. The maximum absolute atomic E-state index is 12.0. The lowest BCUT2D eigenvalue weighted by Gasteiger charge is -2.13. The van der Waals surface area contributed by atoms with Gasteiger partial charge < -0.3 is 9.88 Å². The quantitative estimate of drug-likeness (QED) is 0.437. The van der Waals surface area contributed by atoms with Crippen molar-refractivity contribution in [1.29, 1.82) is 0 Å². The Bertz CT molecular complexity index is 988. The van der Waals surface area contributed by atoms with E-state index in [9.17, 15) is 4.79 Å². The van der Waals surface area contributed by atoms with Gasteiger partial charge in [0.2, 0.25) is 5.91 Å². The minimum Gasteiger partial charge on any atom is -0.347 e. The third-order valence-corrected chi connectivity index (χ3v) is 4.76. The first-order chi connectivity index (χ1) is 14.1. The fraction of sp³-hybridized carbons (Fsp3) is 0.200. The molecule has 1 amide bonds. The van der Waals surface area contributed by atoms with Gasteiger partial charge in [0.1, 0.15) is 5.82 Å². The van der Waals surface area contributed by atoms with Crippen molar-refractivity contribution < 1.29 is 4.79 Å². The molecule has 3 rings (SSSR count). The molecule has 0 saturated heterocycles. The maximum Gasteiger partial charge on any atom is 0.246 e. The molecule has 4 heteroatoms. The molecule has 0 fully saturated rings. The number of hydrogen-bond acceptors (Lipinski definition) is 2. The van der Waals surface area contributed by atoms with E-state index in [0.29, 0.717) is 18.5 Å². The van der Waals surface area contributed by atoms with E-state index in [1.165, 1.54) is 11.1 Å². The van der Waals surface area contributed by atoms with Crippen molar-refractivity contribution in [1.82, 2.24) is 14.9 Å². The van der Waals surface area contributed by atoms with E-state index in [0.717, 1.165) is 30.2 Å². The Morgan fingerprint density at radius 2 is 1.69 bits per heavy atom. The van der Waals surface area contributed by atoms with Gasteiger partial charge in [-0.3, -0.25) is 4.79 Å². The van der Waals surface area contributed by atoms with Crippen LogP contribution >= 0.6 is 0 Å². The van der Waals surface area contributed by atoms with Gasteiger partial charge in [0.15, 0.2) is 0 Å². The second-order valence-corrected chi connectivity index (χ2v) is 7.11. The number of amides is 1. The van der Waals surface area contributed by atoms with Crippen LogP contribution in [0.15, 0.2) is 85.5 Å². The predicted octanol–water partition coefficient (Wildman–Crippen LogP) is 4.44. The molecule has 0 aliphatic rings. The van der Waals surface area contributed by atoms with Gasteiger partial charge in [-0.1, -0.05) is 73.3 Å². The number of carbonyl (C=O) groups excluding carboxylic acids is 1. The minimum atomic E-state index is -0.156. The number of carbonyl (C=O) groups is 1. The fourth-order valence-corrected chi connectivity index (χ4v) is 3.28. The van der Waals surface area contributed by atoms with Crippen molar-refractivity contribution >= 4 is 5.91 Å². The Morgan fingerprint density at radius 1 is 1.07 bits per heavy atom. The molecular weight excluding hydrogens is 358 g/mol. The van der Waals surface area contributed by atoms with E-state index in [1.807, 2.05) is 42.5 Å². The van der Waals surface area contributed by atoms with Crippen LogP contribution in [0.1, 0.15) is 35.3 Å². The summed E-state index contributed by atoms with van der Waals surface area (Å²) in [6.07, 6.45) is 3.30. The summed E-state index contributed by atoms with van der Waals surface area (Å²) in [7, 11) is 0. The lowest BCUT2D eigenvalue weighted by atomic mass is 10.1. The Kier molecular flexibility index (Phi) is 6.80. The van der Waals surface area contributed by atoms with Crippen molar-refractivity contribution in [3.63, 3.8) is 0 Å². The number of rotatable bonds is 9. The van der Waals surface area contributed by atoms with Gasteiger partial charge in [-0.25, -0.2) is 4.98 Å². The van der Waals surface area contributed by atoms with E-state index in [1.54, 1.807) is 6.92 Å². The molecule has 0 saturated carbocycles. The molecule has 1 heterocycles. The minimum absolute atomic E-state index is 0.156. The van der Waals surface area contributed by atoms with Crippen LogP contribution in [-0.2, 0) is 30.7 Å². The van der Waals surface area contributed by atoms with Crippen LogP contribution in [0, 0.1) is 0 Å². The number of benzene rings is 2. The maximum atomic E-state index is 12.0. The molecule has 0 unspecified atom stereocenters. The van der Waals surface area contributed by atoms with Crippen molar-refractivity contribution in [2.24, 2.45) is 0 Å². The summed E-state index contributed by atoms with van der Waals surface area (Å²) < 4.78 is 2.26. The second kappa shape index (κ2) is 9.69. The van der Waals surface area contributed by atoms with E-state index in [4.69, 9.17) is 4.98 Å². The zero-order valence-electron chi connectivity index (χ0n) is 16.9. The molecular formula is C25H27N3O. The Hall–Kier alpha value is -3.40. The van der Waals surface area contributed by atoms with Crippen molar-refractivity contribution in [3.8, 4) is 0 Å². The first-order valence-corrected chi connectivity index (χ1v) is 9.78. The largest absolute Gasteiger partial charge is 0.347 e. The first-order valence-electron chi connectivity index (χ1n) is 9.78. The lowest BCUT2D eigenvalue weighted by Crippen LogP contribution is -2.24. The fourth-order valence-electron chi connectivity index (χ4n) is 3.28. The van der Waals surface area contributed by atoms with Crippen LogP contribution in [0.25, 0.3) is 0 Å². The second-order valence-electron chi connectivity index (χ2n) is 7.11. The highest BCUT2D eigenvalue weighted by atomic mass is 16.1. The van der Waals surface area contributed by atoms with Gasteiger partial charge in [-0.2, -0.15) is 0 Å². The molecule has 0 aliphatic heterocycles. The summed E-state index contributed by atoms with van der Waals surface area (Å²) in [5, 5.41) is 2.92. The number of nitrogens with zero attached hydrogens (tertiary/aromatic N) is 2. The van der Waals surface area contributed by atoms with Crippen LogP contribution in [0.2, 0.25) is 0 Å². The zero-order valence-corrected chi connectivity index (χ0v) is 16.9. The third kappa shape index (κ3) is 5.32. The number of allylic oxidation sites excluding steroid dienone is 1. The number of hydrogen-bond donors (Lipinski definition) is 1. The van der Waals surface area contributed by atoms with Crippen LogP contribution in [0.5, 0.6) is 0 Å². The number of aromatic nitrogens is 2. The monoisotopic (exact) mass is 385 g/mol. The summed E-state index contributed by atoms with van der Waals surface area (Å²) in [5.74, 6) is 0.827. The average Bonchev–Trinajstić information content (AvgIpc) is 3.04. The molecule has 0 bridgehead atoms. The van der Waals surface area contributed by atoms with Gasteiger partial charge in [0.25, 0.3) is 0 Å². The number of nitrogens with one attached hydrogen (secondary N) is 1. The van der Waals surface area contributed by atoms with Gasteiger partial charge in [0.05, 0.1) is 12.2 Å². The van der Waals surface area contributed by atoms with Crippen molar-refractivity contribution in [3.05, 3.63) is 114 Å². The molecule has 4 nitrogen and oxygen atoms in total. The van der Waals surface area contributed by atoms with E-state index in [2.05, 4.69) is 47.3 Å². The molecule has 1 N–H and O–H groups in total. The first kappa shape index (κ1) is 20.3. The predicted molar refractivity (Wildman–Crippen MR) is 118 cm³/mol. The highest BCUT2D eigenvalue weighted by Gasteiger charge is 2.17. The molecule has 0 aliphatic carbocycles. The summed E-state index contributed by atoms with van der Waals surface area (Å²) in [5.41, 5.74) is 4.86. The molecule has 2 aromatic carbocycles. The Balaban J connectivity index is 1.99. The van der Waals surface area contributed by atoms with E-state index < -0.39 is 0 Å². The Labute approximate surface area is 172 Å². The highest BCUT2D eigenvalue weighted by molar-refractivity contribution is 5.91. The van der Waals surface area contributed by atoms with Gasteiger partial charge in [-0.15, -0.1) is 6.58 Å². The smallest absolute Gasteiger partial charge is 0.246 e. The van der Waals surface area contributed by atoms with Gasteiger partial charge in [-0.05, 0) is 18.1 Å².